The van der Waals surface area contributed by atoms with Crippen molar-refractivity contribution in [3.63, 3.8) is 0 Å². The first-order valence-electron chi connectivity index (χ1n) is 14.2. The lowest BCUT2D eigenvalue weighted by Crippen LogP contribution is -2.26. The van der Waals surface area contributed by atoms with Crippen molar-refractivity contribution >= 4 is 22.9 Å². The maximum atomic E-state index is 13.3. The maximum absolute atomic E-state index is 13.3. The molecule has 0 unspecified atom stereocenters. The van der Waals surface area contributed by atoms with Gasteiger partial charge in [0.1, 0.15) is 0 Å². The van der Waals surface area contributed by atoms with E-state index in [1.165, 1.54) is 12.1 Å². The third-order valence-corrected chi connectivity index (χ3v) is 7.38. The normalized spacial score (nSPS) is 12.2. The first-order valence-corrected chi connectivity index (χ1v) is 14.2. The number of aromatic nitrogens is 2. The number of carbonyl (C=O) groups excluding carboxylic acids is 1. The van der Waals surface area contributed by atoms with Crippen LogP contribution in [0.3, 0.4) is 0 Å². The molecule has 44 heavy (non-hydrogen) atoms. The summed E-state index contributed by atoms with van der Waals surface area (Å²) in [6.45, 7) is 1.91. The number of carbonyl (C=O) groups is 2. The summed E-state index contributed by atoms with van der Waals surface area (Å²) in [5.41, 5.74) is 5.04. The summed E-state index contributed by atoms with van der Waals surface area (Å²) in [7, 11) is 0. The zero-order valence-electron chi connectivity index (χ0n) is 23.9. The molecule has 6 nitrogen and oxygen atoms in total. The minimum Gasteiger partial charge on any atom is -0.481 e. The van der Waals surface area contributed by atoms with Crippen LogP contribution < -0.4 is 5.32 Å². The second kappa shape index (κ2) is 13.1. The van der Waals surface area contributed by atoms with E-state index in [0.29, 0.717) is 52.8 Å². The molecule has 5 aromatic rings. The Balaban J connectivity index is 1.41. The van der Waals surface area contributed by atoms with Crippen LogP contribution in [0, 0.1) is 0 Å². The van der Waals surface area contributed by atoms with Gasteiger partial charge in [0.25, 0.3) is 5.91 Å². The van der Waals surface area contributed by atoms with Crippen molar-refractivity contribution in [3.8, 4) is 22.4 Å². The molecule has 2 N–H and O–H groups in total. The van der Waals surface area contributed by atoms with E-state index in [1.54, 1.807) is 18.2 Å². The summed E-state index contributed by atoms with van der Waals surface area (Å²) in [5.74, 6) is -1.20. The quantitative estimate of drug-likeness (QED) is 0.158. The molecule has 1 atom stereocenters. The number of carboxylic acids is 1. The van der Waals surface area contributed by atoms with Gasteiger partial charge in [-0.3, -0.25) is 9.59 Å². The van der Waals surface area contributed by atoms with Gasteiger partial charge in [-0.25, -0.2) is 9.97 Å². The predicted octanol–water partition coefficient (Wildman–Crippen LogP) is 8.27. The topological polar surface area (TPSA) is 92.2 Å². The summed E-state index contributed by atoms with van der Waals surface area (Å²) in [6, 6.07) is 27.3. The summed E-state index contributed by atoms with van der Waals surface area (Å²) in [6.07, 6.45) is -3.19. The third kappa shape index (κ3) is 7.29. The first kappa shape index (κ1) is 30.4. The lowest BCUT2D eigenvalue weighted by molar-refractivity contribution is -0.138. The lowest BCUT2D eigenvalue weighted by atomic mass is 10.00. The van der Waals surface area contributed by atoms with Crippen molar-refractivity contribution in [2.75, 3.05) is 0 Å². The molecular weight excluding hydrogens is 567 g/mol. The van der Waals surface area contributed by atoms with E-state index in [1.807, 2.05) is 61.5 Å². The number of carboxylic acid groups (broad SMARTS) is 1. The van der Waals surface area contributed by atoms with Gasteiger partial charge in [-0.05, 0) is 79.3 Å². The van der Waals surface area contributed by atoms with E-state index in [0.717, 1.165) is 28.8 Å². The SMILES string of the molecule is C[C@@H](NC(=O)c1ccc2nc(-c3ccc(C(F)(F)F)cc3)c(CCCCC(=O)O)nc2c1)c1cccc(-c2ccccc2)c1. The van der Waals surface area contributed by atoms with Crippen LogP contribution in [0.5, 0.6) is 0 Å². The zero-order chi connectivity index (χ0) is 31.3. The summed E-state index contributed by atoms with van der Waals surface area (Å²) in [4.78, 5) is 33.7. The van der Waals surface area contributed by atoms with Crippen molar-refractivity contribution in [3.05, 3.63) is 119 Å². The Morgan fingerprint density at radius 2 is 1.52 bits per heavy atom. The Kier molecular flexibility index (Phi) is 9.04. The molecule has 0 saturated heterocycles. The molecule has 0 aliphatic carbocycles. The average Bonchev–Trinajstić information content (AvgIpc) is 3.02. The van der Waals surface area contributed by atoms with Crippen LogP contribution in [-0.4, -0.2) is 27.0 Å². The number of alkyl halides is 3. The minimum atomic E-state index is -4.47. The number of benzene rings is 4. The highest BCUT2D eigenvalue weighted by molar-refractivity contribution is 5.97. The van der Waals surface area contributed by atoms with E-state index in [-0.39, 0.29) is 18.4 Å². The molecular formula is C35H30F3N3O3. The van der Waals surface area contributed by atoms with Crippen molar-refractivity contribution in [2.45, 2.75) is 44.8 Å². The van der Waals surface area contributed by atoms with E-state index >= 15 is 0 Å². The van der Waals surface area contributed by atoms with Gasteiger partial charge in [0.15, 0.2) is 0 Å². The fourth-order valence-corrected chi connectivity index (χ4v) is 5.00. The molecule has 0 saturated carbocycles. The first-order chi connectivity index (χ1) is 21.1. The van der Waals surface area contributed by atoms with Crippen molar-refractivity contribution in [1.82, 2.24) is 15.3 Å². The van der Waals surface area contributed by atoms with Gasteiger partial charge in [0.2, 0.25) is 0 Å². The largest absolute Gasteiger partial charge is 0.481 e. The Morgan fingerprint density at radius 1 is 0.795 bits per heavy atom. The molecule has 5 rings (SSSR count). The fraction of sp³-hybridized carbons (Fsp3) is 0.200. The second-order valence-corrected chi connectivity index (χ2v) is 10.6. The van der Waals surface area contributed by atoms with Crippen LogP contribution in [0.4, 0.5) is 13.2 Å². The molecule has 0 fully saturated rings. The lowest BCUT2D eigenvalue weighted by Gasteiger charge is -2.16. The number of aryl methyl sites for hydroxylation is 1. The number of halogens is 3. The molecule has 4 aromatic carbocycles. The highest BCUT2D eigenvalue weighted by Gasteiger charge is 2.30. The molecule has 0 spiro atoms. The Morgan fingerprint density at radius 3 is 2.23 bits per heavy atom. The van der Waals surface area contributed by atoms with Gasteiger partial charge in [-0.1, -0.05) is 60.7 Å². The molecule has 9 heteroatoms. The Hall–Kier alpha value is -5.05. The molecule has 0 bridgehead atoms. The Bertz CT molecular complexity index is 1790. The minimum absolute atomic E-state index is 0.00656. The molecule has 1 aromatic heterocycles. The number of amides is 1. The van der Waals surface area contributed by atoms with Crippen LogP contribution in [-0.2, 0) is 17.4 Å². The molecule has 1 amide bonds. The number of hydrogen-bond acceptors (Lipinski definition) is 4. The number of unbranched alkanes of at least 4 members (excludes halogenated alkanes) is 1. The third-order valence-electron chi connectivity index (χ3n) is 7.38. The molecule has 1 heterocycles. The zero-order valence-corrected chi connectivity index (χ0v) is 23.9. The summed E-state index contributed by atoms with van der Waals surface area (Å²) < 4.78 is 39.4. The fourth-order valence-electron chi connectivity index (χ4n) is 5.00. The highest BCUT2D eigenvalue weighted by atomic mass is 19.4. The van der Waals surface area contributed by atoms with Crippen LogP contribution in [0.1, 0.15) is 59.4 Å². The number of fused-ring (bicyclic) bond motifs is 1. The number of hydrogen-bond donors (Lipinski definition) is 2. The number of nitrogens with zero attached hydrogens (tertiary/aromatic N) is 2. The van der Waals surface area contributed by atoms with Crippen molar-refractivity contribution in [2.24, 2.45) is 0 Å². The van der Waals surface area contributed by atoms with E-state index in [4.69, 9.17) is 15.1 Å². The Labute approximate surface area is 252 Å². The van der Waals surface area contributed by atoms with Crippen molar-refractivity contribution < 1.29 is 27.9 Å². The van der Waals surface area contributed by atoms with Crippen LogP contribution >= 0.6 is 0 Å². The molecule has 0 aliphatic heterocycles. The monoisotopic (exact) mass is 597 g/mol. The maximum Gasteiger partial charge on any atom is 0.416 e. The molecule has 0 aliphatic rings. The summed E-state index contributed by atoms with van der Waals surface area (Å²) >= 11 is 0. The average molecular weight is 598 g/mol. The van der Waals surface area contributed by atoms with E-state index in [2.05, 4.69) is 5.32 Å². The molecule has 224 valence electrons. The van der Waals surface area contributed by atoms with Crippen LogP contribution in [0.25, 0.3) is 33.4 Å². The van der Waals surface area contributed by atoms with Gasteiger partial charge in [-0.2, -0.15) is 13.2 Å². The predicted molar refractivity (Wildman–Crippen MR) is 163 cm³/mol. The van der Waals surface area contributed by atoms with Gasteiger partial charge >= 0.3 is 12.1 Å². The van der Waals surface area contributed by atoms with Gasteiger partial charge in [-0.15, -0.1) is 0 Å². The standard InChI is InChI=1S/C35H30F3N3O3/c1-22(25-10-7-11-26(20-25)23-8-3-2-4-9-23)39-34(44)27-16-19-29-31(21-27)40-30(12-5-6-13-32(42)43)33(41-29)24-14-17-28(18-15-24)35(36,37)38/h2-4,7-11,14-22H,5-6,12-13H2,1H3,(H,39,44)(H,42,43)/t22-/m1/s1. The second-order valence-electron chi connectivity index (χ2n) is 10.6. The van der Waals surface area contributed by atoms with Crippen molar-refractivity contribution in [1.29, 1.82) is 0 Å². The van der Waals surface area contributed by atoms with Crippen LogP contribution in [0.2, 0.25) is 0 Å². The summed E-state index contributed by atoms with van der Waals surface area (Å²) in [5, 5.41) is 12.0. The van der Waals surface area contributed by atoms with Gasteiger partial charge in [0, 0.05) is 17.5 Å². The number of aliphatic carboxylic acids is 1. The highest BCUT2D eigenvalue weighted by Crippen LogP contribution is 2.32. The number of rotatable bonds is 10. The van der Waals surface area contributed by atoms with Gasteiger partial charge < -0.3 is 10.4 Å². The molecule has 0 radical (unpaired) electrons. The van der Waals surface area contributed by atoms with E-state index in [9.17, 15) is 22.8 Å². The van der Waals surface area contributed by atoms with E-state index < -0.39 is 17.7 Å². The van der Waals surface area contributed by atoms with Crippen LogP contribution in [0.15, 0.2) is 97.1 Å². The van der Waals surface area contributed by atoms with Gasteiger partial charge in [0.05, 0.1) is 34.0 Å². The smallest absolute Gasteiger partial charge is 0.416 e. The number of nitrogens with one attached hydrogen (secondary N) is 1.